The zero-order valence-corrected chi connectivity index (χ0v) is 8.47. The first-order valence-electron chi connectivity index (χ1n) is 4.90. The fraction of sp³-hybridized carbons (Fsp3) is 0.231. The normalized spacial score (nSPS) is 10.8. The van der Waals surface area contributed by atoms with E-state index in [9.17, 15) is 4.39 Å². The molecule has 0 aromatic heterocycles. The summed E-state index contributed by atoms with van der Waals surface area (Å²) in [5.41, 5.74) is 2.49. The van der Waals surface area contributed by atoms with Crippen molar-refractivity contribution in [3.8, 4) is 0 Å². The minimum absolute atomic E-state index is 0.155. The molecule has 0 fully saturated rings. The van der Waals surface area contributed by atoms with Crippen LogP contribution in [0.4, 0.5) is 4.39 Å². The number of rotatable bonds is 1. The second-order valence-electron chi connectivity index (χ2n) is 3.58. The largest absolute Gasteiger partial charge is 0.207 e. The van der Waals surface area contributed by atoms with Gasteiger partial charge in [-0.25, -0.2) is 4.39 Å². The van der Waals surface area contributed by atoms with E-state index in [0.717, 1.165) is 17.2 Å². The van der Waals surface area contributed by atoms with Gasteiger partial charge >= 0.3 is 0 Å². The molecular weight excluding hydrogens is 175 g/mol. The SMILES string of the molecule is CCc1c(C)ccc2ccc(F)cc12. The Morgan fingerprint density at radius 3 is 2.57 bits per heavy atom. The lowest BCUT2D eigenvalue weighted by Crippen LogP contribution is -1.89. The predicted molar refractivity (Wildman–Crippen MR) is 58.0 cm³/mol. The standard InChI is InChI=1S/C13H13F/c1-3-12-9(2)4-5-10-6-7-11(14)8-13(10)12/h4-8H,3H2,1-2H3. The lowest BCUT2D eigenvalue weighted by Gasteiger charge is -2.07. The molecule has 1 heteroatoms. The van der Waals surface area contributed by atoms with E-state index in [1.807, 2.05) is 12.1 Å². The molecule has 0 bridgehead atoms. The Morgan fingerprint density at radius 2 is 1.86 bits per heavy atom. The van der Waals surface area contributed by atoms with Gasteiger partial charge in [0.15, 0.2) is 0 Å². The average Bonchev–Trinajstić information content (AvgIpc) is 2.17. The summed E-state index contributed by atoms with van der Waals surface area (Å²) in [4.78, 5) is 0. The van der Waals surface area contributed by atoms with Gasteiger partial charge in [-0.15, -0.1) is 0 Å². The highest BCUT2D eigenvalue weighted by molar-refractivity contribution is 5.86. The third-order valence-corrected chi connectivity index (χ3v) is 2.68. The fourth-order valence-corrected chi connectivity index (χ4v) is 1.93. The maximum Gasteiger partial charge on any atom is 0.123 e. The Balaban J connectivity index is 2.84. The van der Waals surface area contributed by atoms with Crippen LogP contribution < -0.4 is 0 Å². The Bertz CT molecular complexity index is 467. The molecule has 0 radical (unpaired) electrons. The monoisotopic (exact) mass is 188 g/mol. The third kappa shape index (κ3) is 1.39. The van der Waals surface area contributed by atoms with Crippen molar-refractivity contribution in [3.05, 3.63) is 47.3 Å². The van der Waals surface area contributed by atoms with Gasteiger partial charge in [0.1, 0.15) is 5.82 Å². The number of fused-ring (bicyclic) bond motifs is 1. The highest BCUT2D eigenvalue weighted by Gasteiger charge is 2.03. The molecule has 14 heavy (non-hydrogen) atoms. The molecule has 0 aliphatic heterocycles. The summed E-state index contributed by atoms with van der Waals surface area (Å²) < 4.78 is 13.1. The molecule has 2 aromatic rings. The molecule has 0 heterocycles. The highest BCUT2D eigenvalue weighted by Crippen LogP contribution is 2.23. The molecular formula is C13H13F. The second kappa shape index (κ2) is 3.41. The van der Waals surface area contributed by atoms with E-state index in [1.54, 1.807) is 6.07 Å². The lowest BCUT2D eigenvalue weighted by molar-refractivity contribution is 0.629. The van der Waals surface area contributed by atoms with E-state index in [0.29, 0.717) is 0 Å². The van der Waals surface area contributed by atoms with Gasteiger partial charge < -0.3 is 0 Å². The van der Waals surface area contributed by atoms with E-state index >= 15 is 0 Å². The van der Waals surface area contributed by atoms with Gasteiger partial charge in [0.2, 0.25) is 0 Å². The molecule has 0 nitrogen and oxygen atoms in total. The minimum Gasteiger partial charge on any atom is -0.207 e. The topological polar surface area (TPSA) is 0 Å². The molecule has 0 aliphatic carbocycles. The lowest BCUT2D eigenvalue weighted by atomic mass is 9.98. The van der Waals surface area contributed by atoms with Crippen molar-refractivity contribution >= 4 is 10.8 Å². The van der Waals surface area contributed by atoms with Crippen LogP contribution in [0.25, 0.3) is 10.8 Å². The summed E-state index contributed by atoms with van der Waals surface area (Å²) in [5.74, 6) is -0.155. The number of benzene rings is 2. The Morgan fingerprint density at radius 1 is 1.14 bits per heavy atom. The molecule has 0 unspecified atom stereocenters. The van der Waals surface area contributed by atoms with Gasteiger partial charge in [-0.05, 0) is 47.4 Å². The van der Waals surface area contributed by atoms with E-state index < -0.39 is 0 Å². The fourth-order valence-electron chi connectivity index (χ4n) is 1.93. The number of hydrogen-bond acceptors (Lipinski definition) is 0. The molecule has 0 aliphatic rings. The summed E-state index contributed by atoms with van der Waals surface area (Å²) in [7, 11) is 0. The van der Waals surface area contributed by atoms with Crippen LogP contribution in [0, 0.1) is 12.7 Å². The zero-order chi connectivity index (χ0) is 10.1. The summed E-state index contributed by atoms with van der Waals surface area (Å²) in [6.45, 7) is 4.18. The molecule has 0 saturated heterocycles. The number of aryl methyl sites for hydroxylation is 2. The predicted octanol–water partition coefficient (Wildman–Crippen LogP) is 3.85. The highest BCUT2D eigenvalue weighted by atomic mass is 19.1. The molecule has 0 atom stereocenters. The van der Waals surface area contributed by atoms with Crippen LogP contribution in [0.3, 0.4) is 0 Å². The zero-order valence-electron chi connectivity index (χ0n) is 8.47. The summed E-state index contributed by atoms with van der Waals surface area (Å²) >= 11 is 0. The molecule has 2 aromatic carbocycles. The number of halogens is 1. The Hall–Kier alpha value is -1.37. The van der Waals surface area contributed by atoms with E-state index in [-0.39, 0.29) is 5.82 Å². The van der Waals surface area contributed by atoms with Gasteiger partial charge in [0, 0.05) is 0 Å². The van der Waals surface area contributed by atoms with Crippen molar-refractivity contribution in [3.63, 3.8) is 0 Å². The van der Waals surface area contributed by atoms with Crippen molar-refractivity contribution in [2.45, 2.75) is 20.3 Å². The first-order valence-corrected chi connectivity index (χ1v) is 4.90. The van der Waals surface area contributed by atoms with Gasteiger partial charge in [0.05, 0.1) is 0 Å². The first-order chi connectivity index (χ1) is 6.72. The van der Waals surface area contributed by atoms with Crippen molar-refractivity contribution in [2.24, 2.45) is 0 Å². The minimum atomic E-state index is -0.155. The molecule has 72 valence electrons. The second-order valence-corrected chi connectivity index (χ2v) is 3.58. The van der Waals surface area contributed by atoms with E-state index in [4.69, 9.17) is 0 Å². The smallest absolute Gasteiger partial charge is 0.123 e. The van der Waals surface area contributed by atoms with Crippen molar-refractivity contribution in [2.75, 3.05) is 0 Å². The summed E-state index contributed by atoms with van der Waals surface area (Å²) in [5, 5.41) is 2.17. The van der Waals surface area contributed by atoms with Crippen molar-refractivity contribution in [1.29, 1.82) is 0 Å². The molecule has 0 amide bonds. The molecule has 0 N–H and O–H groups in total. The van der Waals surface area contributed by atoms with Crippen LogP contribution in [0.15, 0.2) is 30.3 Å². The van der Waals surface area contributed by atoms with Crippen LogP contribution >= 0.6 is 0 Å². The Kier molecular flexibility index (Phi) is 2.24. The van der Waals surface area contributed by atoms with Gasteiger partial charge in [-0.1, -0.05) is 25.1 Å². The third-order valence-electron chi connectivity index (χ3n) is 2.68. The van der Waals surface area contributed by atoms with Gasteiger partial charge in [-0.2, -0.15) is 0 Å². The van der Waals surface area contributed by atoms with Crippen LogP contribution in [0.2, 0.25) is 0 Å². The van der Waals surface area contributed by atoms with Crippen molar-refractivity contribution in [1.82, 2.24) is 0 Å². The van der Waals surface area contributed by atoms with Crippen LogP contribution in [0.5, 0.6) is 0 Å². The van der Waals surface area contributed by atoms with Crippen LogP contribution in [-0.2, 0) is 6.42 Å². The van der Waals surface area contributed by atoms with Crippen LogP contribution in [0.1, 0.15) is 18.1 Å². The van der Waals surface area contributed by atoms with E-state index in [2.05, 4.69) is 19.9 Å². The van der Waals surface area contributed by atoms with Crippen LogP contribution in [-0.4, -0.2) is 0 Å². The maximum absolute atomic E-state index is 13.1. The van der Waals surface area contributed by atoms with Gasteiger partial charge in [-0.3, -0.25) is 0 Å². The van der Waals surface area contributed by atoms with E-state index in [1.165, 1.54) is 17.2 Å². The first kappa shape index (κ1) is 9.20. The van der Waals surface area contributed by atoms with Gasteiger partial charge in [0.25, 0.3) is 0 Å². The Labute approximate surface area is 83.4 Å². The van der Waals surface area contributed by atoms with Crippen molar-refractivity contribution < 1.29 is 4.39 Å². The maximum atomic E-state index is 13.1. The molecule has 0 saturated carbocycles. The molecule has 0 spiro atoms. The summed E-state index contributed by atoms with van der Waals surface area (Å²) in [6, 6.07) is 9.11. The number of hydrogen-bond donors (Lipinski definition) is 0. The quantitative estimate of drug-likeness (QED) is 0.637. The average molecular weight is 188 g/mol. The summed E-state index contributed by atoms with van der Waals surface area (Å²) in [6.07, 6.45) is 0.951. The molecule has 2 rings (SSSR count).